The third-order valence-corrected chi connectivity index (χ3v) is 5.17. The van der Waals surface area contributed by atoms with Crippen molar-refractivity contribution < 1.29 is 4.39 Å². The number of nitrogens with zero attached hydrogens (tertiary/aromatic N) is 2. The molecule has 0 heterocycles. The van der Waals surface area contributed by atoms with Crippen molar-refractivity contribution in [1.29, 1.82) is 0 Å². The molecular formula is C28H25FN2. The quantitative estimate of drug-likeness (QED) is 0.247. The van der Waals surface area contributed by atoms with Gasteiger partial charge in [-0.05, 0) is 43.2 Å². The second-order valence-corrected chi connectivity index (χ2v) is 7.52. The molecule has 0 saturated carbocycles. The highest BCUT2D eigenvalue weighted by atomic mass is 19.1. The molecule has 0 amide bonds. The maximum absolute atomic E-state index is 13.3. The van der Waals surface area contributed by atoms with E-state index < -0.39 is 0 Å². The Hall–Kier alpha value is -3.72. The molecule has 4 aromatic carbocycles. The van der Waals surface area contributed by atoms with Crippen LogP contribution < -0.4 is 5.01 Å². The fraction of sp³-hybridized carbons (Fsp3) is 0.107. The summed E-state index contributed by atoms with van der Waals surface area (Å²) in [6.45, 7) is 2.76. The van der Waals surface area contributed by atoms with Gasteiger partial charge in [-0.2, -0.15) is 5.10 Å². The lowest BCUT2D eigenvalue weighted by Gasteiger charge is -2.22. The van der Waals surface area contributed by atoms with E-state index in [0.717, 1.165) is 34.5 Å². The van der Waals surface area contributed by atoms with Crippen LogP contribution in [0.5, 0.6) is 0 Å². The number of anilines is 1. The van der Waals surface area contributed by atoms with E-state index in [2.05, 4.69) is 55.5 Å². The molecule has 0 unspecified atom stereocenters. The predicted octanol–water partition coefficient (Wildman–Crippen LogP) is 6.64. The third kappa shape index (κ3) is 5.46. The van der Waals surface area contributed by atoms with Crippen LogP contribution in [-0.4, -0.2) is 12.3 Å². The molecule has 0 atom stereocenters. The number of rotatable bonds is 7. The highest BCUT2D eigenvalue weighted by Crippen LogP contribution is 2.20. The average molecular weight is 409 g/mol. The second kappa shape index (κ2) is 9.86. The van der Waals surface area contributed by atoms with E-state index in [1.807, 2.05) is 53.5 Å². The zero-order valence-electron chi connectivity index (χ0n) is 17.6. The van der Waals surface area contributed by atoms with Crippen LogP contribution in [0, 0.1) is 12.7 Å². The summed E-state index contributed by atoms with van der Waals surface area (Å²) in [6, 6.07) is 35.5. The molecule has 0 fully saturated rings. The van der Waals surface area contributed by atoms with Gasteiger partial charge in [0.15, 0.2) is 0 Å². The van der Waals surface area contributed by atoms with E-state index in [-0.39, 0.29) is 5.82 Å². The Morgan fingerprint density at radius 3 is 1.81 bits per heavy atom. The first-order valence-corrected chi connectivity index (χ1v) is 10.5. The highest BCUT2D eigenvalue weighted by Gasteiger charge is 2.12. The van der Waals surface area contributed by atoms with Crippen LogP contribution in [0.2, 0.25) is 0 Å². The maximum atomic E-state index is 13.3. The first-order chi connectivity index (χ1) is 15.2. The molecular weight excluding hydrogens is 383 g/mol. The van der Waals surface area contributed by atoms with Crippen molar-refractivity contribution in [2.24, 2.45) is 5.10 Å². The standard InChI is InChI=1S/C28H25FN2/c1-22-12-18-27(19-13-22)31(21-20-23-14-16-26(29)17-15-23)30-28(24-8-4-2-5-9-24)25-10-6-3-7-11-25/h2-19H,20-21H2,1H3. The van der Waals surface area contributed by atoms with Crippen LogP contribution >= 0.6 is 0 Å². The van der Waals surface area contributed by atoms with Crippen molar-refractivity contribution in [3.05, 3.63) is 137 Å². The van der Waals surface area contributed by atoms with Crippen molar-refractivity contribution >= 4 is 11.4 Å². The van der Waals surface area contributed by atoms with E-state index in [9.17, 15) is 4.39 Å². The lowest BCUT2D eigenvalue weighted by molar-refractivity contribution is 0.627. The Morgan fingerprint density at radius 2 is 1.26 bits per heavy atom. The van der Waals surface area contributed by atoms with Gasteiger partial charge in [0, 0.05) is 17.7 Å². The maximum Gasteiger partial charge on any atom is 0.123 e. The van der Waals surface area contributed by atoms with E-state index >= 15 is 0 Å². The van der Waals surface area contributed by atoms with Gasteiger partial charge in [-0.3, -0.25) is 5.01 Å². The summed E-state index contributed by atoms with van der Waals surface area (Å²) in [5, 5.41) is 7.16. The molecule has 0 radical (unpaired) electrons. The number of hydrogen-bond donors (Lipinski definition) is 0. The molecule has 0 aliphatic rings. The summed E-state index contributed by atoms with van der Waals surface area (Å²) in [5.74, 6) is -0.215. The first kappa shape index (κ1) is 20.5. The number of hydrazone groups is 1. The minimum atomic E-state index is -0.215. The van der Waals surface area contributed by atoms with Gasteiger partial charge in [0.05, 0.1) is 11.4 Å². The molecule has 0 aliphatic carbocycles. The molecule has 2 nitrogen and oxygen atoms in total. The van der Waals surface area contributed by atoms with Crippen LogP contribution in [-0.2, 0) is 6.42 Å². The van der Waals surface area contributed by atoms with Gasteiger partial charge < -0.3 is 0 Å². The normalized spacial score (nSPS) is 10.5. The van der Waals surface area contributed by atoms with Crippen molar-refractivity contribution in [2.75, 3.05) is 11.6 Å². The van der Waals surface area contributed by atoms with Crippen molar-refractivity contribution in [1.82, 2.24) is 0 Å². The molecule has 0 bridgehead atoms. The van der Waals surface area contributed by atoms with Crippen molar-refractivity contribution in [2.45, 2.75) is 13.3 Å². The van der Waals surface area contributed by atoms with Gasteiger partial charge in [0.25, 0.3) is 0 Å². The molecule has 154 valence electrons. The molecule has 0 aromatic heterocycles. The van der Waals surface area contributed by atoms with Gasteiger partial charge in [-0.1, -0.05) is 90.5 Å². The molecule has 31 heavy (non-hydrogen) atoms. The minimum absolute atomic E-state index is 0.215. The Balaban J connectivity index is 1.73. The van der Waals surface area contributed by atoms with Crippen LogP contribution in [0.3, 0.4) is 0 Å². The molecule has 4 aromatic rings. The van der Waals surface area contributed by atoms with Gasteiger partial charge in [0.2, 0.25) is 0 Å². The monoisotopic (exact) mass is 408 g/mol. The number of hydrogen-bond acceptors (Lipinski definition) is 2. The van der Waals surface area contributed by atoms with E-state index in [0.29, 0.717) is 6.54 Å². The summed E-state index contributed by atoms with van der Waals surface area (Å²) in [5.41, 5.74) is 6.35. The predicted molar refractivity (Wildman–Crippen MR) is 127 cm³/mol. The molecule has 3 heteroatoms. The SMILES string of the molecule is Cc1ccc(N(CCc2ccc(F)cc2)N=C(c2ccccc2)c2ccccc2)cc1. The zero-order valence-corrected chi connectivity index (χ0v) is 17.6. The topological polar surface area (TPSA) is 15.6 Å². The Kier molecular flexibility index (Phi) is 6.53. The summed E-state index contributed by atoms with van der Waals surface area (Å²) in [4.78, 5) is 0. The van der Waals surface area contributed by atoms with Crippen LogP contribution in [0.1, 0.15) is 22.3 Å². The van der Waals surface area contributed by atoms with Crippen LogP contribution in [0.25, 0.3) is 0 Å². The minimum Gasteiger partial charge on any atom is -0.265 e. The summed E-state index contributed by atoms with van der Waals surface area (Å²) < 4.78 is 13.3. The molecule has 0 saturated heterocycles. The molecule has 0 spiro atoms. The Morgan fingerprint density at radius 1 is 0.710 bits per heavy atom. The number of aryl methyl sites for hydroxylation is 1. The largest absolute Gasteiger partial charge is 0.265 e. The van der Waals surface area contributed by atoms with Gasteiger partial charge in [0.1, 0.15) is 5.82 Å². The highest BCUT2D eigenvalue weighted by molar-refractivity contribution is 6.13. The zero-order chi connectivity index (χ0) is 21.5. The third-order valence-electron chi connectivity index (χ3n) is 5.17. The molecule has 0 N–H and O–H groups in total. The lowest BCUT2D eigenvalue weighted by atomic mass is 10.0. The number of halogens is 1. The first-order valence-electron chi connectivity index (χ1n) is 10.5. The summed E-state index contributed by atoms with van der Waals surface area (Å²) in [7, 11) is 0. The summed E-state index contributed by atoms with van der Waals surface area (Å²) >= 11 is 0. The van der Waals surface area contributed by atoms with E-state index in [1.54, 1.807) is 0 Å². The van der Waals surface area contributed by atoms with Gasteiger partial charge in [-0.25, -0.2) is 4.39 Å². The number of benzene rings is 4. The van der Waals surface area contributed by atoms with Gasteiger partial charge in [-0.15, -0.1) is 0 Å². The Bertz CT molecular complexity index is 1080. The second-order valence-electron chi connectivity index (χ2n) is 7.52. The van der Waals surface area contributed by atoms with Crippen molar-refractivity contribution in [3.8, 4) is 0 Å². The van der Waals surface area contributed by atoms with E-state index in [4.69, 9.17) is 5.10 Å². The van der Waals surface area contributed by atoms with Crippen molar-refractivity contribution in [3.63, 3.8) is 0 Å². The lowest BCUT2D eigenvalue weighted by Crippen LogP contribution is -2.23. The van der Waals surface area contributed by atoms with E-state index in [1.165, 1.54) is 17.7 Å². The van der Waals surface area contributed by atoms with Crippen LogP contribution in [0.15, 0.2) is 114 Å². The average Bonchev–Trinajstić information content (AvgIpc) is 2.82. The van der Waals surface area contributed by atoms with Crippen LogP contribution in [0.4, 0.5) is 10.1 Å². The smallest absolute Gasteiger partial charge is 0.123 e. The summed E-state index contributed by atoms with van der Waals surface area (Å²) in [6.07, 6.45) is 0.758. The molecule has 0 aliphatic heterocycles. The Labute approximate surface area is 183 Å². The fourth-order valence-corrected chi connectivity index (χ4v) is 3.43. The van der Waals surface area contributed by atoms with Gasteiger partial charge >= 0.3 is 0 Å². The fourth-order valence-electron chi connectivity index (χ4n) is 3.43. The molecule has 4 rings (SSSR count).